The van der Waals surface area contributed by atoms with Crippen LogP contribution in [-0.2, 0) is 13.0 Å². The average Bonchev–Trinajstić information content (AvgIpc) is 2.85. The Morgan fingerprint density at radius 2 is 2.05 bits per heavy atom. The first-order valence-electron chi connectivity index (χ1n) is 7.08. The van der Waals surface area contributed by atoms with E-state index in [0.29, 0.717) is 6.54 Å². The summed E-state index contributed by atoms with van der Waals surface area (Å²) in [6.45, 7) is 6.73. The number of fused-ring (bicyclic) bond motifs is 1. The summed E-state index contributed by atoms with van der Waals surface area (Å²) in [5, 5.41) is 8.49. The fourth-order valence-corrected chi connectivity index (χ4v) is 2.42. The minimum absolute atomic E-state index is 0.651. The standard InChI is InChI=1S/C16H18N4O/c1-4-14-13(11(3)21-20-14)8-17-16-12-7-10(2)5-6-15(12)18-9-19-16/h5-7,9H,4,8H2,1-3H3,(H,17,18,19). The number of anilines is 1. The zero-order chi connectivity index (χ0) is 14.8. The molecular formula is C16H18N4O. The molecule has 0 fully saturated rings. The molecule has 0 spiro atoms. The van der Waals surface area contributed by atoms with E-state index >= 15 is 0 Å². The lowest BCUT2D eigenvalue weighted by Gasteiger charge is -2.09. The van der Waals surface area contributed by atoms with Gasteiger partial charge in [-0.25, -0.2) is 9.97 Å². The first-order valence-corrected chi connectivity index (χ1v) is 7.08. The molecule has 2 heterocycles. The molecular weight excluding hydrogens is 264 g/mol. The van der Waals surface area contributed by atoms with Gasteiger partial charge in [-0.2, -0.15) is 0 Å². The Hall–Kier alpha value is -2.43. The maximum Gasteiger partial charge on any atom is 0.138 e. The van der Waals surface area contributed by atoms with Crippen molar-refractivity contribution >= 4 is 16.7 Å². The highest BCUT2D eigenvalue weighted by Crippen LogP contribution is 2.22. The predicted octanol–water partition coefficient (Wildman–Crippen LogP) is 3.41. The molecule has 0 aliphatic heterocycles. The summed E-state index contributed by atoms with van der Waals surface area (Å²) in [4.78, 5) is 8.66. The Kier molecular flexibility index (Phi) is 3.56. The third-order valence-corrected chi connectivity index (χ3v) is 3.62. The second kappa shape index (κ2) is 5.52. The fraction of sp³-hybridized carbons (Fsp3) is 0.312. The van der Waals surface area contributed by atoms with Gasteiger partial charge < -0.3 is 9.84 Å². The highest BCUT2D eigenvalue weighted by Gasteiger charge is 2.12. The number of hydrogen-bond donors (Lipinski definition) is 1. The molecule has 1 aromatic carbocycles. The molecule has 5 nitrogen and oxygen atoms in total. The molecule has 0 saturated carbocycles. The topological polar surface area (TPSA) is 63.8 Å². The van der Waals surface area contributed by atoms with Crippen LogP contribution in [0.1, 0.15) is 29.5 Å². The van der Waals surface area contributed by atoms with Crippen LogP contribution >= 0.6 is 0 Å². The summed E-state index contributed by atoms with van der Waals surface area (Å²) in [5.74, 6) is 1.69. The first-order chi connectivity index (χ1) is 10.2. The third kappa shape index (κ3) is 2.59. The second-order valence-electron chi connectivity index (χ2n) is 5.11. The molecule has 108 valence electrons. The van der Waals surface area contributed by atoms with E-state index in [9.17, 15) is 0 Å². The van der Waals surface area contributed by atoms with Gasteiger partial charge in [0, 0.05) is 17.5 Å². The number of hydrogen-bond acceptors (Lipinski definition) is 5. The Labute approximate surface area is 123 Å². The Morgan fingerprint density at radius 1 is 1.19 bits per heavy atom. The van der Waals surface area contributed by atoms with Gasteiger partial charge in [0.15, 0.2) is 0 Å². The number of rotatable bonds is 4. The van der Waals surface area contributed by atoms with E-state index in [-0.39, 0.29) is 0 Å². The highest BCUT2D eigenvalue weighted by atomic mass is 16.5. The van der Waals surface area contributed by atoms with Crippen molar-refractivity contribution < 1.29 is 4.52 Å². The van der Waals surface area contributed by atoms with Gasteiger partial charge in [-0.3, -0.25) is 0 Å². The number of benzene rings is 1. The molecule has 3 aromatic rings. The van der Waals surface area contributed by atoms with Crippen LogP contribution in [0.15, 0.2) is 29.0 Å². The van der Waals surface area contributed by atoms with Gasteiger partial charge in [-0.05, 0) is 32.4 Å². The van der Waals surface area contributed by atoms with Crippen LogP contribution in [0.4, 0.5) is 5.82 Å². The molecule has 0 unspecified atom stereocenters. The smallest absolute Gasteiger partial charge is 0.138 e. The van der Waals surface area contributed by atoms with Crippen molar-refractivity contribution in [1.82, 2.24) is 15.1 Å². The minimum Gasteiger partial charge on any atom is -0.365 e. The zero-order valence-electron chi connectivity index (χ0n) is 12.5. The summed E-state index contributed by atoms with van der Waals surface area (Å²) >= 11 is 0. The molecule has 2 aromatic heterocycles. The van der Waals surface area contributed by atoms with Gasteiger partial charge in [-0.1, -0.05) is 23.7 Å². The monoisotopic (exact) mass is 282 g/mol. The van der Waals surface area contributed by atoms with Crippen molar-refractivity contribution in [2.24, 2.45) is 0 Å². The van der Waals surface area contributed by atoms with Gasteiger partial charge in [0.2, 0.25) is 0 Å². The molecule has 0 saturated heterocycles. The lowest BCUT2D eigenvalue weighted by Crippen LogP contribution is -2.05. The first kappa shape index (κ1) is 13.5. The molecule has 0 aliphatic rings. The van der Waals surface area contributed by atoms with Crippen LogP contribution in [0.5, 0.6) is 0 Å². The van der Waals surface area contributed by atoms with E-state index in [2.05, 4.69) is 46.4 Å². The van der Waals surface area contributed by atoms with E-state index in [0.717, 1.165) is 40.2 Å². The molecule has 3 rings (SSSR count). The van der Waals surface area contributed by atoms with Crippen LogP contribution < -0.4 is 5.32 Å². The maximum atomic E-state index is 5.26. The van der Waals surface area contributed by atoms with Crippen molar-refractivity contribution in [3.63, 3.8) is 0 Å². The molecule has 0 radical (unpaired) electrons. The summed E-state index contributed by atoms with van der Waals surface area (Å²) in [6.07, 6.45) is 2.44. The second-order valence-corrected chi connectivity index (χ2v) is 5.11. The SMILES string of the molecule is CCc1noc(C)c1CNc1ncnc2ccc(C)cc12. The number of nitrogens with one attached hydrogen (secondary N) is 1. The van der Waals surface area contributed by atoms with Crippen molar-refractivity contribution in [2.45, 2.75) is 33.7 Å². The molecule has 5 heteroatoms. The van der Waals surface area contributed by atoms with Crippen LogP contribution in [0.25, 0.3) is 10.9 Å². The van der Waals surface area contributed by atoms with E-state index < -0.39 is 0 Å². The van der Waals surface area contributed by atoms with Crippen molar-refractivity contribution in [1.29, 1.82) is 0 Å². The summed E-state index contributed by atoms with van der Waals surface area (Å²) in [5.41, 5.74) is 4.23. The van der Waals surface area contributed by atoms with Gasteiger partial charge in [0.25, 0.3) is 0 Å². The largest absolute Gasteiger partial charge is 0.365 e. The van der Waals surface area contributed by atoms with E-state index in [1.54, 1.807) is 6.33 Å². The number of aromatic nitrogens is 3. The van der Waals surface area contributed by atoms with Gasteiger partial charge in [0.1, 0.15) is 17.9 Å². The lowest BCUT2D eigenvalue weighted by molar-refractivity contribution is 0.390. The average molecular weight is 282 g/mol. The van der Waals surface area contributed by atoms with Gasteiger partial charge in [0.05, 0.1) is 11.2 Å². The highest BCUT2D eigenvalue weighted by molar-refractivity contribution is 5.89. The van der Waals surface area contributed by atoms with Crippen molar-refractivity contribution in [3.8, 4) is 0 Å². The summed E-state index contributed by atoms with van der Waals surface area (Å²) in [7, 11) is 0. The molecule has 21 heavy (non-hydrogen) atoms. The quantitative estimate of drug-likeness (QED) is 0.794. The Bertz CT molecular complexity index is 779. The lowest BCUT2D eigenvalue weighted by atomic mass is 10.1. The van der Waals surface area contributed by atoms with Gasteiger partial charge >= 0.3 is 0 Å². The van der Waals surface area contributed by atoms with Crippen molar-refractivity contribution in [3.05, 3.63) is 47.1 Å². The molecule has 0 aliphatic carbocycles. The maximum absolute atomic E-state index is 5.26. The van der Waals surface area contributed by atoms with Gasteiger partial charge in [-0.15, -0.1) is 0 Å². The zero-order valence-corrected chi connectivity index (χ0v) is 12.5. The Balaban J connectivity index is 1.92. The molecule has 0 atom stereocenters. The third-order valence-electron chi connectivity index (χ3n) is 3.62. The van der Waals surface area contributed by atoms with Crippen LogP contribution in [0.3, 0.4) is 0 Å². The van der Waals surface area contributed by atoms with E-state index in [1.807, 2.05) is 13.0 Å². The van der Waals surface area contributed by atoms with Crippen LogP contribution in [0, 0.1) is 13.8 Å². The fourth-order valence-electron chi connectivity index (χ4n) is 2.42. The summed E-state index contributed by atoms with van der Waals surface area (Å²) < 4.78 is 5.26. The minimum atomic E-state index is 0.651. The number of nitrogens with zero attached hydrogens (tertiary/aromatic N) is 3. The number of aryl methyl sites for hydroxylation is 3. The normalized spacial score (nSPS) is 11.0. The van der Waals surface area contributed by atoms with Crippen LogP contribution in [0.2, 0.25) is 0 Å². The molecule has 0 bridgehead atoms. The molecule has 1 N–H and O–H groups in total. The summed E-state index contributed by atoms with van der Waals surface area (Å²) in [6, 6.07) is 6.16. The van der Waals surface area contributed by atoms with E-state index in [4.69, 9.17) is 4.52 Å². The van der Waals surface area contributed by atoms with Crippen LogP contribution in [-0.4, -0.2) is 15.1 Å². The van der Waals surface area contributed by atoms with Crippen molar-refractivity contribution in [2.75, 3.05) is 5.32 Å². The van der Waals surface area contributed by atoms with E-state index in [1.165, 1.54) is 5.56 Å². The Morgan fingerprint density at radius 3 is 2.86 bits per heavy atom. The predicted molar refractivity (Wildman–Crippen MR) is 82.2 cm³/mol. The molecule has 0 amide bonds.